The Bertz CT molecular complexity index is 1220. The first kappa shape index (κ1) is 24.5. The fourth-order valence-electron chi connectivity index (χ4n) is 2.67. The van der Waals surface area contributed by atoms with E-state index in [4.69, 9.17) is 32.7 Å². The quantitative estimate of drug-likeness (QED) is 0.209. The molecule has 3 aromatic carbocycles. The highest BCUT2D eigenvalue weighted by Gasteiger charge is 2.12. The summed E-state index contributed by atoms with van der Waals surface area (Å²) in [7, 11) is 1.51. The Morgan fingerprint density at radius 3 is 2.48 bits per heavy atom. The predicted molar refractivity (Wildman–Crippen MR) is 130 cm³/mol. The van der Waals surface area contributed by atoms with Gasteiger partial charge in [-0.1, -0.05) is 29.3 Å². The minimum absolute atomic E-state index is 0.104. The first-order valence-electron chi connectivity index (χ1n) is 9.30. The molecule has 0 aromatic heterocycles. The van der Waals surface area contributed by atoms with Crippen LogP contribution in [0.4, 0.5) is 5.69 Å². The molecule has 0 heterocycles. The molecule has 0 atom stereocenters. The number of benzene rings is 3. The van der Waals surface area contributed by atoms with Gasteiger partial charge in [0.25, 0.3) is 11.6 Å². The van der Waals surface area contributed by atoms with Crippen molar-refractivity contribution in [3.05, 3.63) is 95.9 Å². The number of rotatable bonds is 8. The Hall–Kier alpha value is -3.14. The van der Waals surface area contributed by atoms with Crippen molar-refractivity contribution in [2.75, 3.05) is 7.11 Å². The molecule has 11 heteroatoms. The average molecular weight is 553 g/mol. The zero-order chi connectivity index (χ0) is 24.0. The normalized spacial score (nSPS) is 10.8. The Labute approximate surface area is 207 Å². The summed E-state index contributed by atoms with van der Waals surface area (Å²) in [5, 5.41) is 15.5. The molecular weight excluding hydrogens is 537 g/mol. The number of carbonyl (C=O) groups is 1. The summed E-state index contributed by atoms with van der Waals surface area (Å²) in [5.74, 6) is 0.440. The smallest absolute Gasteiger partial charge is 0.271 e. The first-order valence-corrected chi connectivity index (χ1v) is 10.9. The maximum absolute atomic E-state index is 12.2. The van der Waals surface area contributed by atoms with E-state index < -0.39 is 10.8 Å². The molecule has 0 bridgehead atoms. The number of ether oxygens (including phenoxy) is 2. The van der Waals surface area contributed by atoms with Crippen molar-refractivity contribution in [2.45, 2.75) is 6.61 Å². The number of hydrogen-bond acceptors (Lipinski definition) is 6. The molecule has 0 aliphatic carbocycles. The summed E-state index contributed by atoms with van der Waals surface area (Å²) in [4.78, 5) is 22.3. The van der Waals surface area contributed by atoms with Crippen LogP contribution in [0.3, 0.4) is 0 Å². The fourth-order valence-corrected chi connectivity index (χ4v) is 3.42. The van der Waals surface area contributed by atoms with Gasteiger partial charge in [0.05, 0.1) is 28.3 Å². The van der Waals surface area contributed by atoms with E-state index >= 15 is 0 Å². The molecule has 0 aliphatic rings. The maximum atomic E-state index is 12.2. The highest BCUT2D eigenvalue weighted by molar-refractivity contribution is 9.10. The van der Waals surface area contributed by atoms with Gasteiger partial charge < -0.3 is 9.47 Å². The monoisotopic (exact) mass is 551 g/mol. The minimum Gasteiger partial charge on any atom is -0.493 e. The van der Waals surface area contributed by atoms with Crippen LogP contribution in [0, 0.1) is 10.1 Å². The van der Waals surface area contributed by atoms with E-state index in [0.29, 0.717) is 31.6 Å². The second-order valence-corrected chi connectivity index (χ2v) is 8.23. The lowest BCUT2D eigenvalue weighted by Crippen LogP contribution is -2.17. The SMILES string of the molecule is COc1cc(/C=N/NC(=O)c2ccc([N+](=O)[O-])cc2)c(Br)cc1OCc1ccc(Cl)c(Cl)c1. The van der Waals surface area contributed by atoms with Crippen molar-refractivity contribution >= 4 is 56.9 Å². The molecule has 3 rings (SSSR count). The van der Waals surface area contributed by atoms with Gasteiger partial charge in [-0.3, -0.25) is 14.9 Å². The maximum Gasteiger partial charge on any atom is 0.271 e. The standard InChI is InChI=1S/C22H16BrCl2N3O5/c1-32-20-9-15(11-26-27-22(29)14-3-5-16(6-4-14)28(30)31)17(23)10-21(20)33-12-13-2-7-18(24)19(25)8-13/h2-11H,12H2,1H3,(H,27,29)/b26-11+. The van der Waals surface area contributed by atoms with E-state index in [0.717, 1.165) is 5.56 Å². The highest BCUT2D eigenvalue weighted by Crippen LogP contribution is 2.34. The Morgan fingerprint density at radius 2 is 1.85 bits per heavy atom. The van der Waals surface area contributed by atoms with Crippen molar-refractivity contribution in [1.82, 2.24) is 5.43 Å². The van der Waals surface area contributed by atoms with Gasteiger partial charge in [-0.05, 0) is 57.9 Å². The summed E-state index contributed by atoms with van der Waals surface area (Å²) < 4.78 is 11.9. The van der Waals surface area contributed by atoms with Crippen LogP contribution in [0.5, 0.6) is 11.5 Å². The summed E-state index contributed by atoms with van der Waals surface area (Å²) >= 11 is 15.4. The number of non-ortho nitro benzene ring substituents is 1. The third-order valence-corrected chi connectivity index (χ3v) is 5.80. The van der Waals surface area contributed by atoms with Crippen LogP contribution in [0.2, 0.25) is 10.0 Å². The molecular formula is C22H16BrCl2N3O5. The van der Waals surface area contributed by atoms with Gasteiger partial charge in [0, 0.05) is 27.7 Å². The van der Waals surface area contributed by atoms with Crippen LogP contribution in [0.1, 0.15) is 21.5 Å². The summed E-state index contributed by atoms with van der Waals surface area (Å²) in [6, 6.07) is 13.8. The van der Waals surface area contributed by atoms with Gasteiger partial charge >= 0.3 is 0 Å². The number of nitrogens with one attached hydrogen (secondary N) is 1. The molecule has 0 fully saturated rings. The van der Waals surface area contributed by atoms with E-state index in [9.17, 15) is 14.9 Å². The third kappa shape index (κ3) is 6.44. The molecule has 33 heavy (non-hydrogen) atoms. The number of nitro benzene ring substituents is 1. The van der Waals surface area contributed by atoms with Crippen molar-refractivity contribution in [2.24, 2.45) is 5.10 Å². The first-order chi connectivity index (χ1) is 15.8. The minimum atomic E-state index is -0.539. The number of nitro groups is 1. The summed E-state index contributed by atoms with van der Waals surface area (Å²) in [5.41, 5.74) is 3.97. The molecule has 0 spiro atoms. The molecule has 3 aromatic rings. The zero-order valence-corrected chi connectivity index (χ0v) is 20.1. The van der Waals surface area contributed by atoms with Gasteiger partial charge in [-0.15, -0.1) is 0 Å². The summed E-state index contributed by atoms with van der Waals surface area (Å²) in [6.45, 7) is 0.248. The number of halogens is 3. The Kier molecular flexibility index (Phi) is 8.26. The van der Waals surface area contributed by atoms with E-state index in [1.165, 1.54) is 37.6 Å². The number of amides is 1. The van der Waals surface area contributed by atoms with Gasteiger partial charge in [0.2, 0.25) is 0 Å². The van der Waals surface area contributed by atoms with Gasteiger partial charge in [-0.25, -0.2) is 5.43 Å². The molecule has 0 aliphatic heterocycles. The number of hydrazone groups is 1. The van der Waals surface area contributed by atoms with Gasteiger partial charge in [-0.2, -0.15) is 5.10 Å². The zero-order valence-electron chi connectivity index (χ0n) is 17.1. The van der Waals surface area contributed by atoms with Crippen LogP contribution in [-0.2, 0) is 6.61 Å². The third-order valence-electron chi connectivity index (χ3n) is 4.37. The lowest BCUT2D eigenvalue weighted by atomic mass is 10.2. The predicted octanol–water partition coefficient (Wildman–Crippen LogP) is 6.02. The summed E-state index contributed by atoms with van der Waals surface area (Å²) in [6.07, 6.45) is 1.43. The number of methoxy groups -OCH3 is 1. The van der Waals surface area contributed by atoms with Crippen LogP contribution in [0.25, 0.3) is 0 Å². The van der Waals surface area contributed by atoms with Gasteiger partial charge in [0.1, 0.15) is 6.61 Å². The van der Waals surface area contributed by atoms with Crippen molar-refractivity contribution in [1.29, 1.82) is 0 Å². The molecule has 1 amide bonds. The van der Waals surface area contributed by atoms with E-state index in [-0.39, 0.29) is 17.9 Å². The van der Waals surface area contributed by atoms with Crippen LogP contribution < -0.4 is 14.9 Å². The fraction of sp³-hybridized carbons (Fsp3) is 0.0909. The largest absolute Gasteiger partial charge is 0.493 e. The topological polar surface area (TPSA) is 103 Å². The lowest BCUT2D eigenvalue weighted by Gasteiger charge is -2.13. The molecule has 0 unspecified atom stereocenters. The number of carbonyl (C=O) groups excluding carboxylic acids is 1. The molecule has 0 saturated carbocycles. The highest BCUT2D eigenvalue weighted by atomic mass is 79.9. The molecule has 0 radical (unpaired) electrons. The molecule has 170 valence electrons. The van der Waals surface area contributed by atoms with Crippen LogP contribution in [0.15, 0.2) is 64.2 Å². The van der Waals surface area contributed by atoms with Gasteiger partial charge in [0.15, 0.2) is 11.5 Å². The van der Waals surface area contributed by atoms with E-state index in [2.05, 4.69) is 26.5 Å². The molecule has 1 N–H and O–H groups in total. The van der Waals surface area contributed by atoms with Crippen LogP contribution in [-0.4, -0.2) is 24.2 Å². The number of nitrogens with zero attached hydrogens (tertiary/aromatic N) is 2. The lowest BCUT2D eigenvalue weighted by molar-refractivity contribution is -0.384. The van der Waals surface area contributed by atoms with E-state index in [1.807, 2.05) is 6.07 Å². The van der Waals surface area contributed by atoms with E-state index in [1.54, 1.807) is 24.3 Å². The second-order valence-electron chi connectivity index (χ2n) is 6.56. The number of hydrogen-bond donors (Lipinski definition) is 1. The molecule has 0 saturated heterocycles. The molecule has 8 nitrogen and oxygen atoms in total. The second kappa shape index (κ2) is 11.1. The van der Waals surface area contributed by atoms with Crippen molar-refractivity contribution in [3.63, 3.8) is 0 Å². The van der Waals surface area contributed by atoms with Crippen molar-refractivity contribution < 1.29 is 19.2 Å². The average Bonchev–Trinajstić information content (AvgIpc) is 2.80. The van der Waals surface area contributed by atoms with Crippen LogP contribution >= 0.6 is 39.1 Å². The van der Waals surface area contributed by atoms with Crippen molar-refractivity contribution in [3.8, 4) is 11.5 Å². The Balaban J connectivity index is 1.68. The Morgan fingerprint density at radius 1 is 1.12 bits per heavy atom.